The number of rotatable bonds is 5. The number of fused-ring (bicyclic) bond motifs is 1. The average molecular weight is 417 g/mol. The molecule has 0 aromatic heterocycles. The Kier molecular flexibility index (Phi) is 6.84. The fourth-order valence-electron chi connectivity index (χ4n) is 3.97. The van der Waals surface area contributed by atoms with Crippen LogP contribution >= 0.6 is 12.2 Å². The highest BCUT2D eigenvalue weighted by atomic mass is 32.1. The summed E-state index contributed by atoms with van der Waals surface area (Å²) >= 11 is 5.18. The van der Waals surface area contributed by atoms with E-state index in [-0.39, 0.29) is 47.6 Å². The number of carbonyl (C=O) groups excluding carboxylic acids is 3. The number of nitrogens with zero attached hydrogens (tertiary/aromatic N) is 1. The van der Waals surface area contributed by atoms with Crippen molar-refractivity contribution in [3.8, 4) is 0 Å². The zero-order valence-corrected chi connectivity index (χ0v) is 17.7. The Morgan fingerprint density at radius 3 is 2.21 bits per heavy atom. The first-order valence-electron chi connectivity index (χ1n) is 10.2. The maximum Gasteiger partial charge on any atom is 0.240 e. The predicted octanol–water partition coefficient (Wildman–Crippen LogP) is 2.69. The highest BCUT2D eigenvalue weighted by Crippen LogP contribution is 2.37. The van der Waals surface area contributed by atoms with E-state index >= 15 is 0 Å². The second-order valence-corrected chi connectivity index (χ2v) is 8.39. The van der Waals surface area contributed by atoms with Gasteiger partial charge in [-0.3, -0.25) is 30.1 Å². The molecule has 2 fully saturated rings. The molecule has 3 N–H and O–H groups in total. The van der Waals surface area contributed by atoms with Crippen LogP contribution in [0.4, 0.5) is 5.69 Å². The molecule has 29 heavy (non-hydrogen) atoms. The van der Waals surface area contributed by atoms with E-state index in [4.69, 9.17) is 12.2 Å². The van der Waals surface area contributed by atoms with Crippen LogP contribution in [0.3, 0.4) is 0 Å². The Morgan fingerprint density at radius 2 is 1.66 bits per heavy atom. The lowest BCUT2D eigenvalue weighted by Gasteiger charge is -2.19. The number of amides is 3. The minimum absolute atomic E-state index is 0.0373. The van der Waals surface area contributed by atoms with Gasteiger partial charge in [0.2, 0.25) is 17.7 Å². The van der Waals surface area contributed by atoms with Gasteiger partial charge in [0.15, 0.2) is 5.11 Å². The number of thiocarbonyl (C=S) groups is 1. The van der Waals surface area contributed by atoms with Gasteiger partial charge in [0.05, 0.1) is 11.8 Å². The molecular formula is C21H28N4O3S. The molecule has 0 spiro atoms. The molecule has 1 aromatic carbocycles. The van der Waals surface area contributed by atoms with Crippen LogP contribution in [0, 0.1) is 11.8 Å². The number of hydrogen-bond acceptors (Lipinski definition) is 4. The van der Waals surface area contributed by atoms with Crippen LogP contribution in [-0.4, -0.2) is 34.3 Å². The minimum atomic E-state index is -0.334. The van der Waals surface area contributed by atoms with Crippen LogP contribution in [0.15, 0.2) is 24.3 Å². The van der Waals surface area contributed by atoms with Crippen LogP contribution < -0.4 is 16.2 Å². The van der Waals surface area contributed by atoms with E-state index in [1.165, 1.54) is 10.5 Å². The molecule has 1 aromatic rings. The van der Waals surface area contributed by atoms with E-state index in [0.29, 0.717) is 5.92 Å². The zero-order chi connectivity index (χ0) is 21.0. The van der Waals surface area contributed by atoms with Gasteiger partial charge < -0.3 is 5.32 Å². The van der Waals surface area contributed by atoms with Crippen molar-refractivity contribution in [2.45, 2.75) is 51.9 Å². The number of anilines is 1. The molecule has 1 aliphatic carbocycles. The third kappa shape index (κ3) is 5.12. The third-order valence-corrected chi connectivity index (χ3v) is 5.85. The van der Waals surface area contributed by atoms with Crippen molar-refractivity contribution in [2.75, 3.05) is 11.9 Å². The molecule has 1 heterocycles. The third-order valence-electron chi connectivity index (χ3n) is 5.65. The maximum absolute atomic E-state index is 12.4. The molecule has 156 valence electrons. The number of benzene rings is 1. The van der Waals surface area contributed by atoms with Crippen LogP contribution in [0.1, 0.15) is 57.4 Å². The first kappa shape index (κ1) is 21.2. The summed E-state index contributed by atoms with van der Waals surface area (Å²) in [5.41, 5.74) is 7.20. The number of nitrogens with one attached hydrogen (secondary N) is 3. The molecule has 0 unspecified atom stereocenters. The number of carbonyl (C=O) groups is 3. The second-order valence-electron chi connectivity index (χ2n) is 7.98. The summed E-state index contributed by atoms with van der Waals surface area (Å²) in [5.74, 6) is -0.496. The Morgan fingerprint density at radius 1 is 1.07 bits per heavy atom. The highest BCUT2D eigenvalue weighted by molar-refractivity contribution is 7.80. The molecule has 3 amide bonds. The lowest BCUT2D eigenvalue weighted by Crippen LogP contribution is -2.45. The Labute approximate surface area is 176 Å². The van der Waals surface area contributed by atoms with Crippen LogP contribution in [0.2, 0.25) is 0 Å². The van der Waals surface area contributed by atoms with Crippen molar-refractivity contribution < 1.29 is 14.4 Å². The predicted molar refractivity (Wildman–Crippen MR) is 115 cm³/mol. The minimum Gasteiger partial charge on any atom is -0.331 e. The average Bonchev–Trinajstić information content (AvgIpc) is 2.95. The molecule has 7 nitrogen and oxygen atoms in total. The van der Waals surface area contributed by atoms with Gasteiger partial charge in [-0.15, -0.1) is 0 Å². The lowest BCUT2D eigenvalue weighted by molar-refractivity contribution is -0.140. The van der Waals surface area contributed by atoms with E-state index in [1.807, 2.05) is 24.3 Å². The molecular weight excluding hydrogens is 388 g/mol. The zero-order valence-electron chi connectivity index (χ0n) is 16.9. The van der Waals surface area contributed by atoms with Gasteiger partial charge in [0.1, 0.15) is 0 Å². The van der Waals surface area contributed by atoms with Gasteiger partial charge in [-0.1, -0.05) is 38.8 Å². The van der Waals surface area contributed by atoms with Gasteiger partial charge in [-0.25, -0.2) is 0 Å². The molecule has 8 heteroatoms. The number of likely N-dealkylation sites (tertiary alicyclic amines) is 1. The van der Waals surface area contributed by atoms with Gasteiger partial charge in [-0.2, -0.15) is 0 Å². The smallest absolute Gasteiger partial charge is 0.240 e. The highest BCUT2D eigenvalue weighted by Gasteiger charge is 2.47. The topological polar surface area (TPSA) is 90.5 Å². The van der Waals surface area contributed by atoms with Crippen LogP contribution in [0.25, 0.3) is 0 Å². The number of hydrogen-bond donors (Lipinski definition) is 3. The molecule has 0 bridgehead atoms. The Hall–Kier alpha value is -2.48. The summed E-state index contributed by atoms with van der Waals surface area (Å²) in [5, 5.41) is 3.25. The van der Waals surface area contributed by atoms with E-state index in [9.17, 15) is 14.4 Å². The number of imide groups is 1. The summed E-state index contributed by atoms with van der Waals surface area (Å²) in [4.78, 5) is 38.2. The Bertz CT molecular complexity index is 770. The van der Waals surface area contributed by atoms with Gasteiger partial charge in [0, 0.05) is 18.7 Å². The fourth-order valence-corrected chi connectivity index (χ4v) is 4.14. The van der Waals surface area contributed by atoms with Crippen LogP contribution in [0.5, 0.6) is 0 Å². The molecule has 0 radical (unpaired) electrons. The fraction of sp³-hybridized carbons (Fsp3) is 0.524. The largest absolute Gasteiger partial charge is 0.331 e. The van der Waals surface area contributed by atoms with Crippen LogP contribution in [-0.2, 0) is 14.4 Å². The monoisotopic (exact) mass is 416 g/mol. The standard InChI is InChI=1S/C21H28N4O3S/c1-13(2)14-7-9-15(10-8-14)22-21(29)24-23-18(26)11-12-25-19(27)16-5-3-4-6-17(16)20(25)28/h7-10,13,16-17H,3-6,11-12H2,1-2H3,(H,23,26)(H2,22,24,29)/t16-,17-/m1/s1. The Balaban J connectivity index is 1.41. The van der Waals surface area contributed by atoms with Gasteiger partial charge in [0.25, 0.3) is 0 Å². The molecule has 2 atom stereocenters. The molecule has 1 aliphatic heterocycles. The van der Waals surface area contributed by atoms with Crippen molar-refractivity contribution in [1.82, 2.24) is 15.8 Å². The van der Waals surface area contributed by atoms with Crippen molar-refractivity contribution in [1.29, 1.82) is 0 Å². The lowest BCUT2D eigenvalue weighted by atomic mass is 9.81. The maximum atomic E-state index is 12.4. The summed E-state index contributed by atoms with van der Waals surface area (Å²) in [7, 11) is 0. The number of hydrazine groups is 1. The normalized spacial score (nSPS) is 21.1. The SMILES string of the molecule is CC(C)c1ccc(NC(=S)NNC(=O)CCN2C(=O)[C@@H]3CCCC[C@H]3C2=O)cc1. The van der Waals surface area contributed by atoms with E-state index < -0.39 is 0 Å². The van der Waals surface area contributed by atoms with Crippen molar-refractivity contribution >= 4 is 40.7 Å². The molecule has 2 aliphatic rings. The van der Waals surface area contributed by atoms with Gasteiger partial charge >= 0.3 is 0 Å². The first-order chi connectivity index (χ1) is 13.9. The van der Waals surface area contributed by atoms with E-state index in [2.05, 4.69) is 30.0 Å². The summed E-state index contributed by atoms with van der Waals surface area (Å²) in [6.07, 6.45) is 3.57. The van der Waals surface area contributed by atoms with Crippen molar-refractivity contribution in [2.24, 2.45) is 11.8 Å². The second kappa shape index (κ2) is 9.35. The summed E-state index contributed by atoms with van der Waals surface area (Å²) < 4.78 is 0. The quantitative estimate of drug-likeness (QED) is 0.388. The van der Waals surface area contributed by atoms with Crippen molar-refractivity contribution in [3.05, 3.63) is 29.8 Å². The first-order valence-corrected chi connectivity index (χ1v) is 10.6. The van der Waals surface area contributed by atoms with Crippen molar-refractivity contribution in [3.63, 3.8) is 0 Å². The molecule has 3 rings (SSSR count). The van der Waals surface area contributed by atoms with Gasteiger partial charge in [-0.05, 0) is 48.7 Å². The van der Waals surface area contributed by atoms with E-state index in [0.717, 1.165) is 31.4 Å². The van der Waals surface area contributed by atoms with E-state index in [1.54, 1.807) is 0 Å². The summed E-state index contributed by atoms with van der Waals surface area (Å²) in [6.45, 7) is 4.36. The molecule has 1 saturated heterocycles. The summed E-state index contributed by atoms with van der Waals surface area (Å²) in [6, 6.07) is 7.90. The molecule has 1 saturated carbocycles.